The molecule has 3 saturated carbocycles. The van der Waals surface area contributed by atoms with E-state index in [1.165, 1.54) is 43.2 Å². The van der Waals surface area contributed by atoms with Crippen molar-refractivity contribution in [2.45, 2.75) is 83.5 Å². The maximum atomic E-state index is 12.5. The molecule has 4 fully saturated rings. The predicted molar refractivity (Wildman–Crippen MR) is 135 cm³/mol. The van der Waals surface area contributed by atoms with Gasteiger partial charge in [0.05, 0.1) is 6.10 Å². The van der Waals surface area contributed by atoms with Crippen molar-refractivity contribution in [1.82, 2.24) is 5.32 Å². The molecule has 180 valence electrons. The Hall–Kier alpha value is -2.13. The maximum Gasteiger partial charge on any atom is 0.220 e. The number of carbonyl (C=O) groups excluding carboxylic acids is 1. The van der Waals surface area contributed by atoms with Crippen LogP contribution in [0.15, 0.2) is 60.7 Å². The molecule has 1 amide bonds. The van der Waals surface area contributed by atoms with Crippen LogP contribution in [0, 0.1) is 28.6 Å². The molecular formula is C31H39NO2. The van der Waals surface area contributed by atoms with Crippen LogP contribution >= 0.6 is 0 Å². The summed E-state index contributed by atoms with van der Waals surface area (Å²) in [7, 11) is 0. The first-order valence-corrected chi connectivity index (χ1v) is 13.5. The second kappa shape index (κ2) is 8.52. The van der Waals surface area contributed by atoms with Crippen LogP contribution in [0.5, 0.6) is 0 Å². The highest BCUT2D eigenvalue weighted by molar-refractivity contribution is 5.77. The van der Waals surface area contributed by atoms with Crippen LogP contribution in [0.25, 0.3) is 0 Å². The average molecular weight is 458 g/mol. The van der Waals surface area contributed by atoms with E-state index in [4.69, 9.17) is 4.74 Å². The molecule has 2 aromatic carbocycles. The molecule has 0 bridgehead atoms. The summed E-state index contributed by atoms with van der Waals surface area (Å²) in [5, 5.41) is 3.42. The van der Waals surface area contributed by atoms with Crippen LogP contribution < -0.4 is 5.32 Å². The fourth-order valence-corrected chi connectivity index (χ4v) is 8.55. The minimum Gasteiger partial charge on any atom is -0.365 e. The van der Waals surface area contributed by atoms with Gasteiger partial charge in [-0.3, -0.25) is 4.79 Å². The number of piperidine rings is 1. The highest BCUT2D eigenvalue weighted by Gasteiger charge is 2.61. The molecule has 6 rings (SSSR count). The Balaban J connectivity index is 1.40. The van der Waals surface area contributed by atoms with Crippen LogP contribution in [0.1, 0.15) is 82.4 Å². The van der Waals surface area contributed by atoms with Crippen molar-refractivity contribution in [2.75, 3.05) is 0 Å². The number of hydrogen-bond donors (Lipinski definition) is 1. The second-order valence-corrected chi connectivity index (χ2v) is 12.1. The Morgan fingerprint density at radius 2 is 1.56 bits per heavy atom. The molecule has 2 aromatic rings. The Bertz CT molecular complexity index is 983. The third kappa shape index (κ3) is 3.63. The van der Waals surface area contributed by atoms with E-state index in [1.807, 2.05) is 0 Å². The second-order valence-electron chi connectivity index (χ2n) is 12.1. The quantitative estimate of drug-likeness (QED) is 0.556. The summed E-state index contributed by atoms with van der Waals surface area (Å²) in [6.07, 6.45) is 9.41. The van der Waals surface area contributed by atoms with Gasteiger partial charge in [0.25, 0.3) is 0 Å². The van der Waals surface area contributed by atoms with Gasteiger partial charge >= 0.3 is 0 Å². The molecule has 1 N–H and O–H groups in total. The lowest BCUT2D eigenvalue weighted by Gasteiger charge is -2.62. The SMILES string of the molecule is C[C@@]12CCC[C@H]1[C@@H]1[C@@H](OC(c3ccccc3)c3ccccc3)C[C@H]3NC(=O)CC[C@]3(C)[C@H]1CC2. The summed E-state index contributed by atoms with van der Waals surface area (Å²) in [4.78, 5) is 12.5. The minimum atomic E-state index is -0.0775. The van der Waals surface area contributed by atoms with Crippen molar-refractivity contribution >= 4 is 5.91 Å². The van der Waals surface area contributed by atoms with Gasteiger partial charge in [0.15, 0.2) is 0 Å². The van der Waals surface area contributed by atoms with Crippen molar-refractivity contribution < 1.29 is 9.53 Å². The first-order valence-electron chi connectivity index (χ1n) is 13.5. The Morgan fingerprint density at radius 1 is 0.882 bits per heavy atom. The zero-order valence-corrected chi connectivity index (χ0v) is 20.7. The molecular weight excluding hydrogens is 418 g/mol. The van der Waals surface area contributed by atoms with Crippen LogP contribution in [0.4, 0.5) is 0 Å². The van der Waals surface area contributed by atoms with Crippen molar-refractivity contribution in [3.63, 3.8) is 0 Å². The summed E-state index contributed by atoms with van der Waals surface area (Å²) >= 11 is 0. The topological polar surface area (TPSA) is 38.3 Å². The smallest absolute Gasteiger partial charge is 0.220 e. The minimum absolute atomic E-state index is 0.0775. The van der Waals surface area contributed by atoms with Gasteiger partial charge in [-0.15, -0.1) is 0 Å². The largest absolute Gasteiger partial charge is 0.365 e. The maximum absolute atomic E-state index is 12.5. The molecule has 0 aromatic heterocycles. The van der Waals surface area contributed by atoms with E-state index in [0.29, 0.717) is 23.7 Å². The third-order valence-corrected chi connectivity index (χ3v) is 10.4. The lowest BCUT2D eigenvalue weighted by atomic mass is 9.47. The number of nitrogens with one attached hydrogen (secondary N) is 1. The van der Waals surface area contributed by atoms with Crippen molar-refractivity contribution in [3.05, 3.63) is 71.8 Å². The van der Waals surface area contributed by atoms with Gasteiger partial charge in [0.1, 0.15) is 6.10 Å². The van der Waals surface area contributed by atoms with Crippen molar-refractivity contribution in [2.24, 2.45) is 28.6 Å². The van der Waals surface area contributed by atoms with Gasteiger partial charge in [-0.25, -0.2) is 0 Å². The van der Waals surface area contributed by atoms with Crippen LogP contribution in [0.2, 0.25) is 0 Å². The molecule has 3 nitrogen and oxygen atoms in total. The Morgan fingerprint density at radius 3 is 2.24 bits per heavy atom. The number of hydrogen-bond acceptors (Lipinski definition) is 2. The molecule has 34 heavy (non-hydrogen) atoms. The summed E-state index contributed by atoms with van der Waals surface area (Å²) in [5.74, 6) is 2.16. The molecule has 1 saturated heterocycles. The van der Waals surface area contributed by atoms with Gasteiger partial charge in [-0.05, 0) is 78.2 Å². The fourth-order valence-electron chi connectivity index (χ4n) is 8.55. The zero-order valence-electron chi connectivity index (χ0n) is 20.7. The van der Waals surface area contributed by atoms with Crippen LogP contribution in [0.3, 0.4) is 0 Å². The number of fused-ring (bicyclic) bond motifs is 5. The number of benzene rings is 2. The molecule has 1 aliphatic heterocycles. The van der Waals surface area contributed by atoms with Crippen LogP contribution in [-0.2, 0) is 9.53 Å². The molecule has 0 unspecified atom stereocenters. The Kier molecular flexibility index (Phi) is 5.60. The fraction of sp³-hybridized carbons (Fsp3) is 0.581. The number of rotatable bonds is 4. The average Bonchev–Trinajstić information content (AvgIpc) is 3.26. The summed E-state index contributed by atoms with van der Waals surface area (Å²) < 4.78 is 7.26. The molecule has 0 spiro atoms. The first kappa shape index (κ1) is 22.3. The molecule has 1 heterocycles. The number of ether oxygens (including phenoxy) is 1. The van der Waals surface area contributed by atoms with E-state index >= 15 is 0 Å². The predicted octanol–water partition coefficient (Wildman–Crippen LogP) is 6.68. The monoisotopic (exact) mass is 457 g/mol. The lowest BCUT2D eigenvalue weighted by Crippen LogP contribution is -2.64. The zero-order chi connectivity index (χ0) is 23.3. The van der Waals surface area contributed by atoms with Crippen molar-refractivity contribution in [1.29, 1.82) is 0 Å². The summed E-state index contributed by atoms with van der Waals surface area (Å²) in [6.45, 7) is 5.04. The van der Waals surface area contributed by atoms with Gasteiger partial charge in [-0.2, -0.15) is 0 Å². The molecule has 3 heteroatoms. The number of amides is 1. The highest BCUT2D eigenvalue weighted by Crippen LogP contribution is 2.64. The van der Waals surface area contributed by atoms with E-state index in [1.54, 1.807) is 0 Å². The molecule has 0 radical (unpaired) electrons. The van der Waals surface area contributed by atoms with E-state index in [0.717, 1.165) is 18.8 Å². The Labute approximate surface area is 204 Å². The van der Waals surface area contributed by atoms with E-state index in [-0.39, 0.29) is 29.6 Å². The first-order chi connectivity index (χ1) is 16.5. The molecule has 4 aliphatic rings. The standard InChI is InChI=1S/C31H39NO2/c1-30-17-9-14-23(30)28-24(15-18-30)31(2)19-16-27(33)32-26(31)20-25(28)34-29(21-10-5-3-6-11-21)22-12-7-4-8-13-22/h3-8,10-13,23-26,28-29H,9,14-20H2,1-2H3,(H,32,33)/t23-,24-,25-,26+,28-,30-,31+/m0/s1. The lowest BCUT2D eigenvalue weighted by molar-refractivity contribution is -0.175. The van der Waals surface area contributed by atoms with Gasteiger partial charge in [0.2, 0.25) is 5.91 Å². The third-order valence-electron chi connectivity index (χ3n) is 10.4. The van der Waals surface area contributed by atoms with E-state index in [9.17, 15) is 4.79 Å². The summed E-state index contributed by atoms with van der Waals surface area (Å²) in [5.41, 5.74) is 3.09. The van der Waals surface area contributed by atoms with Gasteiger partial charge < -0.3 is 10.1 Å². The summed E-state index contributed by atoms with van der Waals surface area (Å²) in [6, 6.07) is 21.6. The number of carbonyl (C=O) groups is 1. The van der Waals surface area contributed by atoms with Gasteiger partial charge in [-0.1, -0.05) is 80.9 Å². The van der Waals surface area contributed by atoms with E-state index < -0.39 is 0 Å². The van der Waals surface area contributed by atoms with Crippen molar-refractivity contribution in [3.8, 4) is 0 Å². The molecule has 3 aliphatic carbocycles. The normalized spacial score (nSPS) is 39.1. The highest BCUT2D eigenvalue weighted by atomic mass is 16.5. The van der Waals surface area contributed by atoms with E-state index in [2.05, 4.69) is 79.8 Å². The van der Waals surface area contributed by atoms with Gasteiger partial charge in [0, 0.05) is 12.5 Å². The molecule has 7 atom stereocenters. The van der Waals surface area contributed by atoms with Crippen LogP contribution in [-0.4, -0.2) is 18.1 Å².